The first-order valence-electron chi connectivity index (χ1n) is 5.72. The smallest absolute Gasteiger partial charge is 0.744 e. The molecule has 0 saturated carbocycles. The van der Waals surface area contributed by atoms with Crippen molar-refractivity contribution in [3.05, 3.63) is 42.5 Å². The minimum atomic E-state index is -4.76. The van der Waals surface area contributed by atoms with E-state index in [1.54, 1.807) is 18.2 Å². The van der Waals surface area contributed by atoms with Gasteiger partial charge in [-0.1, -0.05) is 36.4 Å². The maximum Gasteiger partial charge on any atom is 1.00 e. The summed E-state index contributed by atoms with van der Waals surface area (Å²) in [4.78, 5) is -0.548. The van der Waals surface area contributed by atoms with Gasteiger partial charge in [0.15, 0.2) is 0 Å². The zero-order valence-corrected chi connectivity index (χ0v) is 13.9. The van der Waals surface area contributed by atoms with Crippen LogP contribution in [0.2, 0.25) is 0 Å². The fourth-order valence-electron chi connectivity index (χ4n) is 2.36. The Labute approximate surface area is 142 Å². The maximum atomic E-state index is 11.3. The van der Waals surface area contributed by atoms with Gasteiger partial charge in [-0.2, -0.15) is 0 Å². The predicted octanol–water partition coefficient (Wildman–Crippen LogP) is -0.688. The molecule has 0 aliphatic carbocycles. The van der Waals surface area contributed by atoms with Crippen molar-refractivity contribution >= 4 is 31.7 Å². The van der Waals surface area contributed by atoms with Crippen molar-refractivity contribution < 1.29 is 52.7 Å². The fraction of sp³-hybridized carbons (Fsp3) is 0. The standard InChI is InChI=1S/C14H10O5S.Na/c15-13-8-4-1-2-5-9(8)14(16)12-10(13)6-3-7-11(12)20(17,18)19;/h1-7,15-16H,(H,17,18,19);/q;+1/p-1. The summed E-state index contributed by atoms with van der Waals surface area (Å²) >= 11 is 0. The van der Waals surface area contributed by atoms with Crippen LogP contribution in [0.4, 0.5) is 0 Å². The van der Waals surface area contributed by atoms with Crippen LogP contribution < -0.4 is 29.6 Å². The Morgan fingerprint density at radius 2 is 1.33 bits per heavy atom. The number of benzene rings is 3. The first-order valence-corrected chi connectivity index (χ1v) is 7.13. The SMILES string of the molecule is O=S(=O)([O-])c1cccc2c(O)c3ccccc3c(O)c12.[Na+]. The molecule has 0 unspecified atom stereocenters. The molecule has 0 amide bonds. The molecule has 0 heterocycles. The molecule has 0 radical (unpaired) electrons. The second-order valence-corrected chi connectivity index (χ2v) is 5.72. The van der Waals surface area contributed by atoms with Crippen LogP contribution in [0.5, 0.6) is 11.5 Å². The van der Waals surface area contributed by atoms with Crippen molar-refractivity contribution in [2.24, 2.45) is 0 Å². The van der Waals surface area contributed by atoms with E-state index in [-0.39, 0.29) is 57.2 Å². The van der Waals surface area contributed by atoms with Gasteiger partial charge in [0.1, 0.15) is 21.6 Å². The molecule has 0 bridgehead atoms. The number of hydrogen-bond acceptors (Lipinski definition) is 5. The minimum absolute atomic E-state index is 0. The van der Waals surface area contributed by atoms with E-state index in [0.717, 1.165) is 6.07 Å². The third kappa shape index (κ3) is 2.49. The van der Waals surface area contributed by atoms with Crippen LogP contribution in [-0.2, 0) is 10.1 Å². The van der Waals surface area contributed by atoms with Gasteiger partial charge in [0.05, 0.1) is 4.90 Å². The second-order valence-electron chi connectivity index (χ2n) is 4.38. The van der Waals surface area contributed by atoms with Crippen LogP contribution in [-0.4, -0.2) is 23.2 Å². The van der Waals surface area contributed by atoms with Gasteiger partial charge in [-0.05, 0) is 6.07 Å². The molecule has 0 aliphatic rings. The van der Waals surface area contributed by atoms with Crippen LogP contribution in [0.25, 0.3) is 21.5 Å². The van der Waals surface area contributed by atoms with E-state index >= 15 is 0 Å². The summed E-state index contributed by atoms with van der Waals surface area (Å²) in [5.74, 6) is -0.498. The quantitative estimate of drug-likeness (QED) is 0.268. The van der Waals surface area contributed by atoms with E-state index in [4.69, 9.17) is 0 Å². The molecular formula is C14H9NaO5S. The summed E-state index contributed by atoms with van der Waals surface area (Å²) in [5.41, 5.74) is 0. The van der Waals surface area contributed by atoms with Crippen LogP contribution in [0.15, 0.2) is 47.4 Å². The Hall–Kier alpha value is -1.31. The molecular weight excluding hydrogens is 303 g/mol. The number of fused-ring (bicyclic) bond motifs is 2. The predicted molar refractivity (Wildman–Crippen MR) is 72.7 cm³/mol. The zero-order valence-electron chi connectivity index (χ0n) is 11.1. The topological polar surface area (TPSA) is 97.7 Å². The molecule has 2 N–H and O–H groups in total. The van der Waals surface area contributed by atoms with E-state index in [1.165, 1.54) is 18.2 Å². The Bertz CT molecular complexity index is 950. The van der Waals surface area contributed by atoms with Gasteiger partial charge in [0.25, 0.3) is 0 Å². The first-order chi connectivity index (χ1) is 9.41. The fourth-order valence-corrected chi connectivity index (χ4v) is 3.06. The average Bonchev–Trinajstić information content (AvgIpc) is 2.43. The molecule has 5 nitrogen and oxygen atoms in total. The summed E-state index contributed by atoms with van der Waals surface area (Å²) in [5, 5.41) is 21.1. The number of phenolic OH excluding ortho intramolecular Hbond substituents is 2. The summed E-state index contributed by atoms with van der Waals surface area (Å²) in [6, 6.07) is 10.4. The number of aromatic hydroxyl groups is 2. The molecule has 0 fully saturated rings. The Morgan fingerprint density at radius 3 is 1.90 bits per heavy atom. The van der Waals surface area contributed by atoms with Gasteiger partial charge >= 0.3 is 29.6 Å². The van der Waals surface area contributed by atoms with Gasteiger partial charge < -0.3 is 14.8 Å². The van der Waals surface area contributed by atoms with Crippen LogP contribution in [0.3, 0.4) is 0 Å². The Kier molecular flexibility index (Phi) is 4.19. The van der Waals surface area contributed by atoms with Crippen molar-refractivity contribution in [2.75, 3.05) is 0 Å². The van der Waals surface area contributed by atoms with E-state index < -0.39 is 15.0 Å². The summed E-state index contributed by atoms with van der Waals surface area (Å²) in [6.45, 7) is 0. The van der Waals surface area contributed by atoms with Crippen molar-refractivity contribution in [3.8, 4) is 11.5 Å². The molecule has 0 spiro atoms. The third-order valence-electron chi connectivity index (χ3n) is 3.22. The molecule has 0 aliphatic heterocycles. The molecule has 7 heteroatoms. The normalized spacial score (nSPS) is 11.5. The monoisotopic (exact) mass is 312 g/mol. The largest absolute Gasteiger partial charge is 1.00 e. The van der Waals surface area contributed by atoms with Crippen molar-refractivity contribution in [1.29, 1.82) is 0 Å². The minimum Gasteiger partial charge on any atom is -0.744 e. The van der Waals surface area contributed by atoms with E-state index in [2.05, 4.69) is 0 Å². The Morgan fingerprint density at radius 1 is 0.810 bits per heavy atom. The molecule has 3 aromatic carbocycles. The van der Waals surface area contributed by atoms with Crippen LogP contribution in [0.1, 0.15) is 0 Å². The molecule has 3 rings (SSSR count). The van der Waals surface area contributed by atoms with Gasteiger partial charge in [0.2, 0.25) is 0 Å². The average molecular weight is 312 g/mol. The molecule has 0 aromatic heterocycles. The molecule has 0 saturated heterocycles. The van der Waals surface area contributed by atoms with E-state index in [9.17, 15) is 23.2 Å². The third-order valence-corrected chi connectivity index (χ3v) is 4.10. The van der Waals surface area contributed by atoms with Gasteiger partial charge in [0, 0.05) is 21.5 Å². The maximum absolute atomic E-state index is 11.3. The number of rotatable bonds is 1. The Balaban J connectivity index is 0.00000161. The van der Waals surface area contributed by atoms with Crippen LogP contribution >= 0.6 is 0 Å². The molecule has 3 aromatic rings. The van der Waals surface area contributed by atoms with Gasteiger partial charge in [-0.25, -0.2) is 8.42 Å². The van der Waals surface area contributed by atoms with Crippen molar-refractivity contribution in [2.45, 2.75) is 4.90 Å². The van der Waals surface area contributed by atoms with E-state index in [0.29, 0.717) is 5.39 Å². The number of hydrogen-bond donors (Lipinski definition) is 2. The second kappa shape index (κ2) is 5.47. The van der Waals surface area contributed by atoms with Crippen molar-refractivity contribution in [3.63, 3.8) is 0 Å². The van der Waals surface area contributed by atoms with Crippen LogP contribution in [0, 0.1) is 0 Å². The van der Waals surface area contributed by atoms with Gasteiger partial charge in [-0.15, -0.1) is 0 Å². The summed E-state index contributed by atoms with van der Waals surface area (Å²) in [7, 11) is -4.76. The van der Waals surface area contributed by atoms with Crippen molar-refractivity contribution in [1.82, 2.24) is 0 Å². The first kappa shape index (κ1) is 16.1. The van der Waals surface area contributed by atoms with E-state index in [1.807, 2.05) is 0 Å². The molecule has 21 heavy (non-hydrogen) atoms. The summed E-state index contributed by atoms with van der Waals surface area (Å²) < 4.78 is 33.9. The zero-order chi connectivity index (χ0) is 14.5. The number of phenols is 2. The molecule has 102 valence electrons. The summed E-state index contributed by atoms with van der Waals surface area (Å²) in [6.07, 6.45) is 0. The van der Waals surface area contributed by atoms with Gasteiger partial charge in [-0.3, -0.25) is 0 Å². The molecule has 0 atom stereocenters.